The van der Waals surface area contributed by atoms with Crippen molar-refractivity contribution in [3.63, 3.8) is 0 Å². The summed E-state index contributed by atoms with van der Waals surface area (Å²) in [5, 5.41) is 11.6. The molecule has 1 aromatic carbocycles. The molecule has 5 rings (SSSR count). The minimum Gasteiger partial charge on any atom is -0.370 e. The highest BCUT2D eigenvalue weighted by molar-refractivity contribution is 5.60. The van der Waals surface area contributed by atoms with Gasteiger partial charge in [0.05, 0.1) is 16.9 Å². The number of hydrogen-bond donors (Lipinski definition) is 1. The van der Waals surface area contributed by atoms with Gasteiger partial charge >= 0.3 is 0 Å². The first-order valence-corrected chi connectivity index (χ1v) is 12.6. The Labute approximate surface area is 205 Å². The van der Waals surface area contributed by atoms with E-state index in [0.717, 1.165) is 51.4 Å². The van der Waals surface area contributed by atoms with E-state index in [9.17, 15) is 13.2 Å². The zero-order valence-electron chi connectivity index (χ0n) is 21.0. The maximum atomic E-state index is 14.0. The summed E-state index contributed by atoms with van der Waals surface area (Å²) in [6.07, 6.45) is 4.37. The van der Waals surface area contributed by atoms with Crippen LogP contribution in [0.2, 0.25) is 0 Å². The third kappa shape index (κ3) is 5.48. The molecule has 2 saturated heterocycles. The van der Waals surface area contributed by atoms with Crippen molar-refractivity contribution in [2.75, 3.05) is 25.0 Å². The number of nitrogens with zero attached hydrogens (tertiary/aromatic N) is 3. The first-order chi connectivity index (χ1) is 16.5. The van der Waals surface area contributed by atoms with Crippen LogP contribution in [0.25, 0.3) is 11.3 Å². The number of hydrogen-bond acceptors (Lipinski definition) is 5. The number of rotatable bonds is 5. The lowest BCUT2D eigenvalue weighted by Crippen LogP contribution is -2.47. The standard InChI is InChI=1S/C27H35F3N4O/c1-26(2)11-16(12-27(3,4)35-26)13-34-14-17-7-20(8-18(17)15-34)31-24-6-5-23(32-33-24)21-9-19(28)10-22(29)25(21)30/h5-6,9-10,16-18,20H,7-8,11-15H2,1-4H3,(H,31,33)/t17-,18+,20?. The molecule has 3 atom stereocenters. The van der Waals surface area contributed by atoms with Crippen LogP contribution in [0.1, 0.15) is 53.4 Å². The van der Waals surface area contributed by atoms with Crippen LogP contribution in [0.4, 0.5) is 19.0 Å². The average Bonchev–Trinajstić information content (AvgIpc) is 3.26. The third-order valence-corrected chi connectivity index (χ3v) is 7.74. The Balaban J connectivity index is 1.14. The molecule has 5 nitrogen and oxygen atoms in total. The Bertz CT molecular complexity index is 1040. The molecule has 1 aromatic heterocycles. The molecule has 1 unspecified atom stereocenters. The molecule has 3 fully saturated rings. The molecule has 1 N–H and O–H groups in total. The topological polar surface area (TPSA) is 50.3 Å². The fourth-order valence-electron chi connectivity index (χ4n) is 6.96. The number of halogens is 3. The van der Waals surface area contributed by atoms with E-state index in [1.54, 1.807) is 12.1 Å². The molecule has 3 aliphatic rings. The van der Waals surface area contributed by atoms with Gasteiger partial charge in [0.15, 0.2) is 11.6 Å². The average molecular weight is 489 g/mol. The molecule has 0 spiro atoms. The SMILES string of the molecule is CC1(C)CC(CN2C[C@H]3CC(Nc4ccc(-c5cc(F)cc(F)c5F)nn4)C[C@H]3C2)CC(C)(C)O1. The highest BCUT2D eigenvalue weighted by Crippen LogP contribution is 2.42. The number of anilines is 1. The normalized spacial score (nSPS) is 28.3. The summed E-state index contributed by atoms with van der Waals surface area (Å²) in [5.41, 5.74) is -0.261. The lowest BCUT2D eigenvalue weighted by Gasteiger charge is -2.46. The van der Waals surface area contributed by atoms with Crippen LogP contribution in [0, 0.1) is 35.2 Å². The van der Waals surface area contributed by atoms with Crippen molar-refractivity contribution in [3.8, 4) is 11.3 Å². The van der Waals surface area contributed by atoms with E-state index in [2.05, 4.69) is 48.1 Å². The van der Waals surface area contributed by atoms with Gasteiger partial charge in [0.25, 0.3) is 0 Å². The van der Waals surface area contributed by atoms with E-state index in [1.807, 2.05) is 0 Å². The second-order valence-electron chi connectivity index (χ2n) is 12.0. The zero-order chi connectivity index (χ0) is 25.0. The van der Waals surface area contributed by atoms with Gasteiger partial charge in [-0.2, -0.15) is 0 Å². The number of likely N-dealkylation sites (tertiary alicyclic amines) is 1. The van der Waals surface area contributed by atoms with Gasteiger partial charge in [-0.15, -0.1) is 10.2 Å². The molecule has 2 aliphatic heterocycles. The monoisotopic (exact) mass is 488 g/mol. The smallest absolute Gasteiger partial charge is 0.168 e. The van der Waals surface area contributed by atoms with E-state index in [1.165, 1.54) is 0 Å². The third-order valence-electron chi connectivity index (χ3n) is 7.74. The molecule has 0 amide bonds. The van der Waals surface area contributed by atoms with Crippen LogP contribution in [0.3, 0.4) is 0 Å². The summed E-state index contributed by atoms with van der Waals surface area (Å²) in [4.78, 5) is 2.65. The van der Waals surface area contributed by atoms with Gasteiger partial charge in [0, 0.05) is 37.3 Å². The summed E-state index contributed by atoms with van der Waals surface area (Å²) in [6.45, 7) is 12.2. The van der Waals surface area contributed by atoms with Gasteiger partial charge in [-0.25, -0.2) is 13.2 Å². The summed E-state index contributed by atoms with van der Waals surface area (Å²) in [7, 11) is 0. The first-order valence-electron chi connectivity index (χ1n) is 12.6. The summed E-state index contributed by atoms with van der Waals surface area (Å²) in [5.74, 6) is -0.609. The Morgan fingerprint density at radius 2 is 1.63 bits per heavy atom. The quantitative estimate of drug-likeness (QED) is 0.550. The maximum Gasteiger partial charge on any atom is 0.168 e. The maximum absolute atomic E-state index is 14.0. The summed E-state index contributed by atoms with van der Waals surface area (Å²) < 4.78 is 47.3. The van der Waals surface area contributed by atoms with E-state index in [0.29, 0.717) is 35.7 Å². The van der Waals surface area contributed by atoms with Gasteiger partial charge in [0.1, 0.15) is 11.6 Å². The largest absolute Gasteiger partial charge is 0.370 e. The zero-order valence-corrected chi connectivity index (χ0v) is 21.0. The molecule has 1 aliphatic carbocycles. The van der Waals surface area contributed by atoms with Gasteiger partial charge in [0.2, 0.25) is 0 Å². The molecule has 8 heteroatoms. The number of aromatic nitrogens is 2. The predicted octanol–water partition coefficient (Wildman–Crippen LogP) is 5.67. The second kappa shape index (κ2) is 9.04. The molecule has 190 valence electrons. The van der Waals surface area contributed by atoms with E-state index in [-0.39, 0.29) is 22.5 Å². The van der Waals surface area contributed by atoms with Crippen molar-refractivity contribution in [2.45, 2.75) is 70.6 Å². The van der Waals surface area contributed by atoms with Crippen molar-refractivity contribution in [3.05, 3.63) is 41.7 Å². The first kappa shape index (κ1) is 24.5. The summed E-state index contributed by atoms with van der Waals surface area (Å²) in [6, 6.07) is 5.00. The Morgan fingerprint density at radius 3 is 2.23 bits per heavy atom. The molecular formula is C27H35F3N4O. The molecule has 0 radical (unpaired) electrons. The van der Waals surface area contributed by atoms with E-state index in [4.69, 9.17) is 4.74 Å². The van der Waals surface area contributed by atoms with Crippen molar-refractivity contribution < 1.29 is 17.9 Å². The van der Waals surface area contributed by atoms with Crippen molar-refractivity contribution in [1.29, 1.82) is 0 Å². The molecule has 3 heterocycles. The lowest BCUT2D eigenvalue weighted by atomic mass is 9.80. The fraction of sp³-hybridized carbons (Fsp3) is 0.630. The van der Waals surface area contributed by atoms with E-state index >= 15 is 0 Å². The number of benzene rings is 1. The fourth-order valence-corrected chi connectivity index (χ4v) is 6.96. The van der Waals surface area contributed by atoms with Crippen LogP contribution in [-0.2, 0) is 4.74 Å². The Kier molecular flexibility index (Phi) is 6.33. The highest BCUT2D eigenvalue weighted by Gasteiger charge is 2.44. The van der Waals surface area contributed by atoms with Crippen LogP contribution in [0.5, 0.6) is 0 Å². The van der Waals surface area contributed by atoms with Gasteiger partial charge in [-0.05, 0) is 89.3 Å². The van der Waals surface area contributed by atoms with Crippen LogP contribution in [-0.4, -0.2) is 52.0 Å². The van der Waals surface area contributed by atoms with Gasteiger partial charge in [-0.3, -0.25) is 0 Å². The van der Waals surface area contributed by atoms with Crippen LogP contribution in [0.15, 0.2) is 24.3 Å². The molecule has 2 aromatic rings. The number of ether oxygens (including phenoxy) is 1. The Morgan fingerprint density at radius 1 is 0.971 bits per heavy atom. The minimum atomic E-state index is -1.24. The van der Waals surface area contributed by atoms with Gasteiger partial charge < -0.3 is 15.0 Å². The minimum absolute atomic E-state index is 0.0672. The molecule has 0 bridgehead atoms. The van der Waals surface area contributed by atoms with Crippen molar-refractivity contribution in [2.24, 2.45) is 17.8 Å². The number of nitrogens with one attached hydrogen (secondary N) is 1. The van der Waals surface area contributed by atoms with Crippen LogP contribution >= 0.6 is 0 Å². The molecular weight excluding hydrogens is 453 g/mol. The second-order valence-corrected chi connectivity index (χ2v) is 12.0. The van der Waals surface area contributed by atoms with Gasteiger partial charge in [-0.1, -0.05) is 0 Å². The van der Waals surface area contributed by atoms with Crippen LogP contribution < -0.4 is 5.32 Å². The Hall–Kier alpha value is -2.19. The highest BCUT2D eigenvalue weighted by atomic mass is 19.2. The predicted molar refractivity (Wildman–Crippen MR) is 129 cm³/mol. The summed E-state index contributed by atoms with van der Waals surface area (Å²) >= 11 is 0. The number of fused-ring (bicyclic) bond motifs is 1. The van der Waals surface area contributed by atoms with Crippen molar-refractivity contribution >= 4 is 5.82 Å². The van der Waals surface area contributed by atoms with Crippen molar-refractivity contribution in [1.82, 2.24) is 15.1 Å². The van der Waals surface area contributed by atoms with E-state index < -0.39 is 17.5 Å². The molecule has 1 saturated carbocycles. The molecule has 35 heavy (non-hydrogen) atoms. The lowest BCUT2D eigenvalue weighted by molar-refractivity contribution is -0.174.